The summed E-state index contributed by atoms with van der Waals surface area (Å²) in [6.07, 6.45) is 4.37. The zero-order valence-corrected chi connectivity index (χ0v) is 9.40. The lowest BCUT2D eigenvalue weighted by Crippen LogP contribution is -2.25. The van der Waals surface area contributed by atoms with E-state index in [-0.39, 0.29) is 6.10 Å². The van der Waals surface area contributed by atoms with Crippen LogP contribution in [-0.2, 0) is 7.05 Å². The Morgan fingerprint density at radius 2 is 1.93 bits per heavy atom. The molecule has 1 aromatic carbocycles. The maximum absolute atomic E-state index is 5.65. The van der Waals surface area contributed by atoms with Crippen molar-refractivity contribution >= 4 is 10.8 Å². The van der Waals surface area contributed by atoms with Crippen molar-refractivity contribution in [1.29, 1.82) is 0 Å². The number of benzene rings is 1. The van der Waals surface area contributed by atoms with Crippen molar-refractivity contribution in [1.82, 2.24) is 0 Å². The summed E-state index contributed by atoms with van der Waals surface area (Å²) in [5.41, 5.74) is 0. The van der Waals surface area contributed by atoms with Crippen LogP contribution in [0.15, 0.2) is 36.7 Å². The van der Waals surface area contributed by atoms with Gasteiger partial charge in [0.05, 0.1) is 6.10 Å². The van der Waals surface area contributed by atoms with E-state index < -0.39 is 0 Å². The highest BCUT2D eigenvalue weighted by Gasteiger charge is 2.02. The van der Waals surface area contributed by atoms with Crippen molar-refractivity contribution in [2.45, 2.75) is 20.0 Å². The summed E-state index contributed by atoms with van der Waals surface area (Å²) >= 11 is 0. The van der Waals surface area contributed by atoms with Crippen LogP contribution in [0.4, 0.5) is 0 Å². The Balaban J connectivity index is 2.43. The smallest absolute Gasteiger partial charge is 0.176 e. The monoisotopic (exact) mass is 202 g/mol. The summed E-state index contributed by atoms with van der Waals surface area (Å²) in [6, 6.07) is 8.28. The molecule has 0 aliphatic rings. The highest BCUT2D eigenvalue weighted by atomic mass is 16.5. The second-order valence-corrected chi connectivity index (χ2v) is 4.07. The molecule has 2 aromatic rings. The minimum Gasteiger partial charge on any atom is -0.491 e. The number of pyridine rings is 1. The van der Waals surface area contributed by atoms with E-state index in [1.54, 1.807) is 0 Å². The number of fused-ring (bicyclic) bond motifs is 1. The summed E-state index contributed by atoms with van der Waals surface area (Å²) in [4.78, 5) is 0. The number of ether oxygens (including phenoxy) is 1. The van der Waals surface area contributed by atoms with E-state index in [1.165, 1.54) is 10.8 Å². The van der Waals surface area contributed by atoms with Crippen LogP contribution in [-0.4, -0.2) is 6.10 Å². The molecule has 0 amide bonds. The summed E-state index contributed by atoms with van der Waals surface area (Å²) in [7, 11) is 2.03. The number of hydrogen-bond donors (Lipinski definition) is 0. The largest absolute Gasteiger partial charge is 0.491 e. The number of aryl methyl sites for hydroxylation is 1. The van der Waals surface area contributed by atoms with Crippen molar-refractivity contribution in [2.24, 2.45) is 7.05 Å². The molecule has 0 atom stereocenters. The van der Waals surface area contributed by atoms with Crippen molar-refractivity contribution in [2.75, 3.05) is 0 Å². The Morgan fingerprint density at radius 1 is 1.13 bits per heavy atom. The second-order valence-electron chi connectivity index (χ2n) is 4.07. The van der Waals surface area contributed by atoms with Gasteiger partial charge < -0.3 is 4.74 Å². The van der Waals surface area contributed by atoms with E-state index in [4.69, 9.17) is 4.74 Å². The van der Waals surface area contributed by atoms with Gasteiger partial charge in [-0.1, -0.05) is 0 Å². The molecule has 0 saturated carbocycles. The highest BCUT2D eigenvalue weighted by molar-refractivity contribution is 5.82. The summed E-state index contributed by atoms with van der Waals surface area (Å²) in [6.45, 7) is 4.07. The predicted octanol–water partition coefficient (Wildman–Crippen LogP) is 2.45. The molecule has 2 nitrogen and oxygen atoms in total. The van der Waals surface area contributed by atoms with E-state index >= 15 is 0 Å². The molecule has 0 bridgehead atoms. The van der Waals surface area contributed by atoms with Gasteiger partial charge in [-0.3, -0.25) is 0 Å². The molecule has 1 heterocycles. The first-order valence-corrected chi connectivity index (χ1v) is 5.21. The van der Waals surface area contributed by atoms with Crippen LogP contribution in [0.2, 0.25) is 0 Å². The van der Waals surface area contributed by atoms with Gasteiger partial charge in [0.25, 0.3) is 0 Å². The van der Waals surface area contributed by atoms with E-state index in [1.807, 2.05) is 37.7 Å². The lowest BCUT2D eigenvalue weighted by atomic mass is 10.2. The van der Waals surface area contributed by atoms with E-state index in [0.29, 0.717) is 0 Å². The molecular weight excluding hydrogens is 186 g/mol. The number of hydrogen-bond acceptors (Lipinski definition) is 1. The van der Waals surface area contributed by atoms with Gasteiger partial charge in [-0.25, -0.2) is 4.57 Å². The zero-order valence-electron chi connectivity index (χ0n) is 9.40. The van der Waals surface area contributed by atoms with Gasteiger partial charge in [-0.2, -0.15) is 0 Å². The second kappa shape index (κ2) is 3.89. The van der Waals surface area contributed by atoms with Crippen molar-refractivity contribution in [3.8, 4) is 5.75 Å². The number of nitrogens with zero attached hydrogens (tertiary/aromatic N) is 1. The fourth-order valence-electron chi connectivity index (χ4n) is 1.62. The molecule has 0 N–H and O–H groups in total. The molecule has 0 saturated heterocycles. The molecular formula is C13H16NO+. The van der Waals surface area contributed by atoms with Gasteiger partial charge >= 0.3 is 0 Å². The lowest BCUT2D eigenvalue weighted by molar-refractivity contribution is -0.670. The van der Waals surface area contributed by atoms with Gasteiger partial charge in [-0.05, 0) is 37.4 Å². The van der Waals surface area contributed by atoms with Crippen LogP contribution in [0.1, 0.15) is 13.8 Å². The van der Waals surface area contributed by atoms with Crippen LogP contribution in [0.25, 0.3) is 10.8 Å². The molecule has 2 rings (SSSR count). The van der Waals surface area contributed by atoms with Crippen LogP contribution < -0.4 is 9.30 Å². The molecule has 15 heavy (non-hydrogen) atoms. The average molecular weight is 202 g/mol. The van der Waals surface area contributed by atoms with Crippen LogP contribution >= 0.6 is 0 Å². The Labute approximate surface area is 90.1 Å². The van der Waals surface area contributed by atoms with E-state index in [2.05, 4.69) is 24.4 Å². The summed E-state index contributed by atoms with van der Waals surface area (Å²) in [5, 5.41) is 2.45. The first-order chi connectivity index (χ1) is 7.15. The molecule has 0 spiro atoms. The lowest BCUT2D eigenvalue weighted by Gasteiger charge is -2.09. The van der Waals surface area contributed by atoms with Gasteiger partial charge in [-0.15, -0.1) is 0 Å². The zero-order chi connectivity index (χ0) is 10.8. The fourth-order valence-corrected chi connectivity index (χ4v) is 1.62. The maximum atomic E-state index is 5.65. The third-order valence-corrected chi connectivity index (χ3v) is 2.26. The van der Waals surface area contributed by atoms with Crippen molar-refractivity contribution in [3.63, 3.8) is 0 Å². The van der Waals surface area contributed by atoms with Gasteiger partial charge in [0.15, 0.2) is 12.4 Å². The maximum Gasteiger partial charge on any atom is 0.176 e. The van der Waals surface area contributed by atoms with Crippen LogP contribution in [0.5, 0.6) is 5.75 Å². The number of rotatable bonds is 2. The third-order valence-electron chi connectivity index (χ3n) is 2.26. The van der Waals surface area contributed by atoms with Gasteiger partial charge in [0.2, 0.25) is 0 Å². The minimum absolute atomic E-state index is 0.224. The Morgan fingerprint density at radius 3 is 2.67 bits per heavy atom. The van der Waals surface area contributed by atoms with Crippen LogP contribution in [0.3, 0.4) is 0 Å². The van der Waals surface area contributed by atoms with Gasteiger partial charge in [0, 0.05) is 11.5 Å². The first-order valence-electron chi connectivity index (χ1n) is 5.21. The minimum atomic E-state index is 0.224. The predicted molar refractivity (Wildman–Crippen MR) is 60.9 cm³/mol. The molecule has 0 aliphatic carbocycles. The Kier molecular flexibility index (Phi) is 2.58. The third kappa shape index (κ3) is 2.27. The van der Waals surface area contributed by atoms with E-state index in [9.17, 15) is 0 Å². The quantitative estimate of drug-likeness (QED) is 0.682. The first kappa shape index (κ1) is 9.97. The van der Waals surface area contributed by atoms with E-state index in [0.717, 1.165) is 5.75 Å². The normalized spacial score (nSPS) is 10.9. The molecule has 0 aliphatic heterocycles. The highest BCUT2D eigenvalue weighted by Crippen LogP contribution is 2.20. The SMILES string of the molecule is CC(C)Oc1ccc2c[n+](C)ccc2c1. The fraction of sp³-hybridized carbons (Fsp3) is 0.308. The molecule has 2 heteroatoms. The molecule has 1 aromatic heterocycles. The van der Waals surface area contributed by atoms with Crippen LogP contribution in [0, 0.1) is 0 Å². The summed E-state index contributed by atoms with van der Waals surface area (Å²) in [5.74, 6) is 0.936. The molecule has 0 unspecified atom stereocenters. The average Bonchev–Trinajstić information content (AvgIpc) is 2.17. The number of aromatic nitrogens is 1. The standard InChI is InChI=1S/C13H16NO/c1-10(2)15-13-5-4-12-9-14(3)7-6-11(12)8-13/h4-10H,1-3H3/q+1. The molecule has 78 valence electrons. The Hall–Kier alpha value is -1.57. The van der Waals surface area contributed by atoms with Gasteiger partial charge in [0.1, 0.15) is 12.8 Å². The molecule has 0 fully saturated rings. The summed E-state index contributed by atoms with van der Waals surface area (Å²) < 4.78 is 7.69. The Bertz CT molecular complexity index is 477. The van der Waals surface area contributed by atoms with Crippen molar-refractivity contribution < 1.29 is 9.30 Å². The molecule has 0 radical (unpaired) electrons. The van der Waals surface area contributed by atoms with Crippen molar-refractivity contribution in [3.05, 3.63) is 36.7 Å². The topological polar surface area (TPSA) is 13.1 Å².